The lowest BCUT2D eigenvalue weighted by molar-refractivity contribution is -0.0374. The van der Waals surface area contributed by atoms with Gasteiger partial charge in [0, 0.05) is 13.2 Å². The lowest BCUT2D eigenvalue weighted by atomic mass is 9.88. The molecule has 2 heteroatoms. The van der Waals surface area contributed by atoms with Gasteiger partial charge >= 0.3 is 0 Å². The van der Waals surface area contributed by atoms with Gasteiger partial charge in [0.05, 0.1) is 5.60 Å². The van der Waals surface area contributed by atoms with Crippen LogP contribution in [0.15, 0.2) is 12.7 Å². The second kappa shape index (κ2) is 7.08. The van der Waals surface area contributed by atoms with Gasteiger partial charge < -0.3 is 10.1 Å². The van der Waals surface area contributed by atoms with Crippen molar-refractivity contribution in [1.82, 2.24) is 5.32 Å². The molecule has 2 nitrogen and oxygen atoms in total. The van der Waals surface area contributed by atoms with Crippen LogP contribution in [0.3, 0.4) is 0 Å². The molecule has 1 rings (SSSR count). The van der Waals surface area contributed by atoms with Crippen molar-refractivity contribution in [1.29, 1.82) is 0 Å². The molecule has 0 aromatic heterocycles. The van der Waals surface area contributed by atoms with Crippen molar-refractivity contribution in [2.75, 3.05) is 13.7 Å². The molecule has 0 spiro atoms. The third kappa shape index (κ3) is 3.33. The summed E-state index contributed by atoms with van der Waals surface area (Å²) in [4.78, 5) is 0. The minimum Gasteiger partial charge on any atom is -0.377 e. The van der Waals surface area contributed by atoms with E-state index in [0.29, 0.717) is 6.04 Å². The lowest BCUT2D eigenvalue weighted by Crippen LogP contribution is -2.50. The molecule has 0 heterocycles. The summed E-state index contributed by atoms with van der Waals surface area (Å²) < 4.78 is 5.86. The van der Waals surface area contributed by atoms with E-state index in [1.165, 1.54) is 32.1 Å². The van der Waals surface area contributed by atoms with Crippen LogP contribution in [0, 0.1) is 0 Å². The first-order valence-electron chi connectivity index (χ1n) is 6.68. The molecule has 0 aliphatic heterocycles. The minimum atomic E-state index is 0.0954. The van der Waals surface area contributed by atoms with Crippen molar-refractivity contribution in [2.24, 2.45) is 0 Å². The molecular formula is C14H27NO. The number of ether oxygens (including phenoxy) is 1. The van der Waals surface area contributed by atoms with Crippen LogP contribution >= 0.6 is 0 Å². The zero-order chi connectivity index (χ0) is 11.9. The molecule has 1 aliphatic carbocycles. The summed E-state index contributed by atoms with van der Waals surface area (Å²) in [5, 5.41) is 3.67. The highest BCUT2D eigenvalue weighted by atomic mass is 16.5. The fourth-order valence-corrected chi connectivity index (χ4v) is 2.82. The zero-order valence-corrected chi connectivity index (χ0v) is 10.9. The Kier molecular flexibility index (Phi) is 6.07. The molecule has 1 aliphatic rings. The number of hydrogen-bond donors (Lipinski definition) is 1. The van der Waals surface area contributed by atoms with E-state index in [-0.39, 0.29) is 5.60 Å². The Morgan fingerprint density at radius 2 is 2.12 bits per heavy atom. The van der Waals surface area contributed by atoms with Gasteiger partial charge in [-0.25, -0.2) is 0 Å². The maximum atomic E-state index is 5.86. The summed E-state index contributed by atoms with van der Waals surface area (Å²) in [5.74, 6) is 0. The highest BCUT2D eigenvalue weighted by molar-refractivity contribution is 4.97. The molecule has 94 valence electrons. The van der Waals surface area contributed by atoms with E-state index in [1.807, 2.05) is 13.2 Å². The number of allylic oxidation sites excluding steroid dienone is 1. The Labute approximate surface area is 100 Å². The molecule has 0 aromatic carbocycles. The Morgan fingerprint density at radius 3 is 2.62 bits per heavy atom. The van der Waals surface area contributed by atoms with Crippen LogP contribution in [-0.2, 0) is 4.74 Å². The predicted molar refractivity (Wildman–Crippen MR) is 69.7 cm³/mol. The van der Waals surface area contributed by atoms with Crippen LogP contribution in [0.2, 0.25) is 0 Å². The number of methoxy groups -OCH3 is 1. The normalized spacial score (nSPS) is 20.9. The second-order valence-electron chi connectivity index (χ2n) is 4.85. The first kappa shape index (κ1) is 13.7. The lowest BCUT2D eigenvalue weighted by Gasteiger charge is -2.37. The van der Waals surface area contributed by atoms with E-state index in [0.717, 1.165) is 19.4 Å². The molecule has 1 unspecified atom stereocenters. The number of rotatable bonds is 8. The highest BCUT2D eigenvalue weighted by Gasteiger charge is 2.40. The first-order chi connectivity index (χ1) is 7.79. The van der Waals surface area contributed by atoms with Gasteiger partial charge in [0.25, 0.3) is 0 Å². The van der Waals surface area contributed by atoms with E-state index in [1.54, 1.807) is 0 Å². The fourth-order valence-electron chi connectivity index (χ4n) is 2.82. The van der Waals surface area contributed by atoms with E-state index in [9.17, 15) is 0 Å². The van der Waals surface area contributed by atoms with E-state index < -0.39 is 0 Å². The molecule has 0 amide bonds. The van der Waals surface area contributed by atoms with Gasteiger partial charge in [0.1, 0.15) is 0 Å². The van der Waals surface area contributed by atoms with Gasteiger partial charge in [0.2, 0.25) is 0 Å². The monoisotopic (exact) mass is 225 g/mol. The van der Waals surface area contributed by atoms with Crippen LogP contribution < -0.4 is 5.32 Å². The van der Waals surface area contributed by atoms with Crippen molar-refractivity contribution >= 4 is 0 Å². The molecule has 0 saturated heterocycles. The van der Waals surface area contributed by atoms with Crippen LogP contribution in [0.1, 0.15) is 51.9 Å². The molecule has 1 fully saturated rings. The molecule has 0 bridgehead atoms. The third-order valence-electron chi connectivity index (χ3n) is 3.79. The van der Waals surface area contributed by atoms with Crippen LogP contribution in [0.5, 0.6) is 0 Å². The van der Waals surface area contributed by atoms with Gasteiger partial charge in [-0.1, -0.05) is 25.8 Å². The van der Waals surface area contributed by atoms with Gasteiger partial charge in [-0.2, -0.15) is 0 Å². The van der Waals surface area contributed by atoms with Crippen LogP contribution in [-0.4, -0.2) is 25.3 Å². The smallest absolute Gasteiger partial charge is 0.0831 e. The Balaban J connectivity index is 2.59. The minimum absolute atomic E-state index is 0.0954. The van der Waals surface area contributed by atoms with Gasteiger partial charge in [-0.3, -0.25) is 0 Å². The zero-order valence-electron chi connectivity index (χ0n) is 10.9. The number of nitrogens with one attached hydrogen (secondary N) is 1. The first-order valence-corrected chi connectivity index (χ1v) is 6.68. The average molecular weight is 225 g/mol. The molecule has 1 saturated carbocycles. The average Bonchev–Trinajstić information content (AvgIpc) is 2.79. The highest BCUT2D eigenvalue weighted by Crippen LogP contribution is 2.37. The molecule has 0 radical (unpaired) electrons. The molecule has 16 heavy (non-hydrogen) atoms. The van der Waals surface area contributed by atoms with E-state index >= 15 is 0 Å². The maximum absolute atomic E-state index is 5.86. The molecular weight excluding hydrogens is 198 g/mol. The van der Waals surface area contributed by atoms with Gasteiger partial charge in [-0.15, -0.1) is 6.58 Å². The Bertz CT molecular complexity index is 197. The van der Waals surface area contributed by atoms with Crippen LogP contribution in [0.4, 0.5) is 0 Å². The molecule has 1 atom stereocenters. The summed E-state index contributed by atoms with van der Waals surface area (Å²) in [6.07, 6.45) is 10.5. The molecule has 1 N–H and O–H groups in total. The van der Waals surface area contributed by atoms with E-state index in [2.05, 4.69) is 18.8 Å². The largest absolute Gasteiger partial charge is 0.377 e. The van der Waals surface area contributed by atoms with Crippen molar-refractivity contribution < 1.29 is 4.74 Å². The summed E-state index contributed by atoms with van der Waals surface area (Å²) >= 11 is 0. The fraction of sp³-hybridized carbons (Fsp3) is 0.857. The summed E-state index contributed by atoms with van der Waals surface area (Å²) in [6.45, 7) is 7.12. The van der Waals surface area contributed by atoms with Crippen molar-refractivity contribution in [3.05, 3.63) is 12.7 Å². The topological polar surface area (TPSA) is 21.3 Å². The summed E-state index contributed by atoms with van der Waals surface area (Å²) in [7, 11) is 1.87. The maximum Gasteiger partial charge on any atom is 0.0831 e. The standard InChI is InChI=1S/C14H27NO/c1-4-6-9-13(15-12-5-2)14(16-3)10-7-8-11-14/h4,13,15H,1,5-12H2,2-3H3. The van der Waals surface area contributed by atoms with Crippen molar-refractivity contribution in [2.45, 2.75) is 63.5 Å². The van der Waals surface area contributed by atoms with Gasteiger partial charge in [-0.05, 0) is 38.6 Å². The quantitative estimate of drug-likeness (QED) is 0.640. The number of hydrogen-bond acceptors (Lipinski definition) is 2. The van der Waals surface area contributed by atoms with Gasteiger partial charge in [0.15, 0.2) is 0 Å². The summed E-state index contributed by atoms with van der Waals surface area (Å²) in [6, 6.07) is 0.498. The van der Waals surface area contributed by atoms with E-state index in [4.69, 9.17) is 4.74 Å². The molecule has 0 aromatic rings. The van der Waals surface area contributed by atoms with Crippen molar-refractivity contribution in [3.8, 4) is 0 Å². The predicted octanol–water partition coefficient (Wildman–Crippen LogP) is 3.28. The summed E-state index contributed by atoms with van der Waals surface area (Å²) in [5.41, 5.74) is 0.0954. The SMILES string of the molecule is C=CCCC(NCCC)C1(OC)CCCC1. The Morgan fingerprint density at radius 1 is 1.44 bits per heavy atom. The second-order valence-corrected chi connectivity index (χ2v) is 4.85. The van der Waals surface area contributed by atoms with Crippen LogP contribution in [0.25, 0.3) is 0 Å². The Hall–Kier alpha value is -0.340. The van der Waals surface area contributed by atoms with Crippen molar-refractivity contribution in [3.63, 3.8) is 0 Å². The third-order valence-corrected chi connectivity index (χ3v) is 3.79.